The second-order valence-corrected chi connectivity index (χ2v) is 4.35. The second kappa shape index (κ2) is 8.22. The molecule has 5 nitrogen and oxygen atoms in total. The Labute approximate surface area is 118 Å². The zero-order chi connectivity index (χ0) is 15.0. The first kappa shape index (κ1) is 16.0. The minimum Gasteiger partial charge on any atom is -0.493 e. The molecule has 0 saturated heterocycles. The zero-order valence-corrected chi connectivity index (χ0v) is 12.0. The summed E-state index contributed by atoms with van der Waals surface area (Å²) in [6.07, 6.45) is 2.73. The molecule has 0 atom stereocenters. The van der Waals surface area contributed by atoms with E-state index in [2.05, 4.69) is 0 Å². The van der Waals surface area contributed by atoms with Crippen LogP contribution in [0.5, 0.6) is 11.5 Å². The molecule has 0 aliphatic rings. The van der Waals surface area contributed by atoms with E-state index in [1.165, 1.54) is 6.08 Å². The van der Waals surface area contributed by atoms with Crippen molar-refractivity contribution in [1.29, 1.82) is 0 Å². The molecule has 0 aliphatic heterocycles. The van der Waals surface area contributed by atoms with Gasteiger partial charge in [0.2, 0.25) is 0 Å². The van der Waals surface area contributed by atoms with Gasteiger partial charge in [-0.05, 0) is 37.6 Å². The summed E-state index contributed by atoms with van der Waals surface area (Å²) < 4.78 is 16.2. The number of hydrogen-bond donors (Lipinski definition) is 1. The van der Waals surface area contributed by atoms with Crippen LogP contribution in [0.1, 0.15) is 19.4 Å². The van der Waals surface area contributed by atoms with Crippen molar-refractivity contribution >= 4 is 12.0 Å². The second-order valence-electron chi connectivity index (χ2n) is 4.35. The van der Waals surface area contributed by atoms with Gasteiger partial charge < -0.3 is 19.3 Å². The van der Waals surface area contributed by atoms with Crippen molar-refractivity contribution in [2.75, 3.05) is 20.3 Å². The maximum atomic E-state index is 10.5. The molecule has 1 N–H and O–H groups in total. The number of hydrogen-bond acceptors (Lipinski definition) is 4. The SMILES string of the molecule is COc1ccc(C=CC(=O)O)cc1OCCOC(C)C. The molecule has 1 aromatic carbocycles. The Kier molecular flexibility index (Phi) is 6.59. The van der Waals surface area contributed by atoms with Crippen molar-refractivity contribution in [3.8, 4) is 11.5 Å². The maximum absolute atomic E-state index is 10.5. The van der Waals surface area contributed by atoms with Gasteiger partial charge in [-0.15, -0.1) is 0 Å². The predicted molar refractivity (Wildman–Crippen MR) is 76.2 cm³/mol. The average Bonchev–Trinajstić information content (AvgIpc) is 2.41. The minimum absolute atomic E-state index is 0.158. The van der Waals surface area contributed by atoms with Gasteiger partial charge in [0.05, 0.1) is 19.8 Å². The number of ether oxygens (including phenoxy) is 3. The van der Waals surface area contributed by atoms with Crippen molar-refractivity contribution in [2.45, 2.75) is 20.0 Å². The fourth-order valence-electron chi connectivity index (χ4n) is 1.51. The summed E-state index contributed by atoms with van der Waals surface area (Å²) >= 11 is 0. The molecule has 0 saturated carbocycles. The number of rotatable bonds is 8. The molecule has 0 aromatic heterocycles. The van der Waals surface area contributed by atoms with Crippen LogP contribution in [0.4, 0.5) is 0 Å². The van der Waals surface area contributed by atoms with Crippen molar-refractivity contribution in [1.82, 2.24) is 0 Å². The Morgan fingerprint density at radius 1 is 1.30 bits per heavy atom. The molecule has 0 aliphatic carbocycles. The highest BCUT2D eigenvalue weighted by atomic mass is 16.5. The lowest BCUT2D eigenvalue weighted by molar-refractivity contribution is -0.131. The molecule has 1 rings (SSSR count). The lowest BCUT2D eigenvalue weighted by Crippen LogP contribution is -2.11. The van der Waals surface area contributed by atoms with Crippen molar-refractivity contribution in [3.63, 3.8) is 0 Å². The third-order valence-corrected chi connectivity index (χ3v) is 2.40. The van der Waals surface area contributed by atoms with Gasteiger partial charge in [-0.3, -0.25) is 0 Å². The van der Waals surface area contributed by atoms with Crippen LogP contribution in [0.15, 0.2) is 24.3 Å². The molecule has 0 spiro atoms. The number of carboxylic acids is 1. The Balaban J connectivity index is 2.70. The molecule has 0 heterocycles. The lowest BCUT2D eigenvalue weighted by Gasteiger charge is -2.12. The fraction of sp³-hybridized carbons (Fsp3) is 0.400. The van der Waals surface area contributed by atoms with E-state index in [0.717, 1.165) is 11.6 Å². The van der Waals surface area contributed by atoms with Crippen LogP contribution in [0.2, 0.25) is 0 Å². The molecule has 0 unspecified atom stereocenters. The average molecular weight is 280 g/mol. The van der Waals surface area contributed by atoms with E-state index in [1.54, 1.807) is 25.3 Å². The highest BCUT2D eigenvalue weighted by molar-refractivity contribution is 5.85. The quantitative estimate of drug-likeness (QED) is 0.585. The van der Waals surface area contributed by atoms with Crippen LogP contribution >= 0.6 is 0 Å². The van der Waals surface area contributed by atoms with Gasteiger partial charge in [0.1, 0.15) is 6.61 Å². The van der Waals surface area contributed by atoms with Gasteiger partial charge in [-0.2, -0.15) is 0 Å². The highest BCUT2D eigenvalue weighted by Gasteiger charge is 2.05. The van der Waals surface area contributed by atoms with Gasteiger partial charge in [-0.1, -0.05) is 6.07 Å². The largest absolute Gasteiger partial charge is 0.493 e. The van der Waals surface area contributed by atoms with Crippen LogP contribution < -0.4 is 9.47 Å². The number of carboxylic acid groups (broad SMARTS) is 1. The fourth-order valence-corrected chi connectivity index (χ4v) is 1.51. The summed E-state index contributed by atoms with van der Waals surface area (Å²) in [7, 11) is 1.56. The van der Waals surface area contributed by atoms with Gasteiger partial charge in [-0.25, -0.2) is 4.79 Å². The Hall–Kier alpha value is -2.01. The molecule has 0 radical (unpaired) electrons. The Morgan fingerprint density at radius 2 is 2.05 bits per heavy atom. The number of carbonyl (C=O) groups is 1. The van der Waals surface area contributed by atoms with E-state index in [9.17, 15) is 4.79 Å². The first-order valence-corrected chi connectivity index (χ1v) is 6.36. The predicted octanol–water partition coefficient (Wildman–Crippen LogP) is 2.60. The van der Waals surface area contributed by atoms with Crippen molar-refractivity contribution in [3.05, 3.63) is 29.8 Å². The van der Waals surface area contributed by atoms with Crippen LogP contribution in [0.25, 0.3) is 6.08 Å². The summed E-state index contributed by atoms with van der Waals surface area (Å²) in [4.78, 5) is 10.5. The van der Waals surface area contributed by atoms with Gasteiger partial charge in [0, 0.05) is 6.08 Å². The summed E-state index contributed by atoms with van der Waals surface area (Å²) in [5.74, 6) is 0.169. The number of benzene rings is 1. The molecule has 0 bridgehead atoms. The third-order valence-electron chi connectivity index (χ3n) is 2.40. The zero-order valence-electron chi connectivity index (χ0n) is 12.0. The van der Waals surface area contributed by atoms with Crippen molar-refractivity contribution < 1.29 is 24.1 Å². The highest BCUT2D eigenvalue weighted by Crippen LogP contribution is 2.28. The Morgan fingerprint density at radius 3 is 2.65 bits per heavy atom. The van der Waals surface area contributed by atoms with E-state index >= 15 is 0 Å². The first-order chi connectivity index (χ1) is 9.52. The van der Waals surface area contributed by atoms with Crippen LogP contribution in [-0.4, -0.2) is 37.5 Å². The van der Waals surface area contributed by atoms with E-state index < -0.39 is 5.97 Å². The summed E-state index contributed by atoms with van der Waals surface area (Å²) in [6.45, 7) is 4.80. The van der Waals surface area contributed by atoms with Crippen molar-refractivity contribution in [2.24, 2.45) is 0 Å². The molecule has 110 valence electrons. The molecule has 20 heavy (non-hydrogen) atoms. The smallest absolute Gasteiger partial charge is 0.328 e. The van der Waals surface area contributed by atoms with Gasteiger partial charge >= 0.3 is 5.97 Å². The topological polar surface area (TPSA) is 65.0 Å². The maximum Gasteiger partial charge on any atom is 0.328 e. The molecule has 5 heteroatoms. The minimum atomic E-state index is -0.992. The standard InChI is InChI=1S/C15H20O5/c1-11(2)19-8-9-20-14-10-12(5-7-15(16)17)4-6-13(14)18-3/h4-7,10-11H,8-9H2,1-3H3,(H,16,17). The third kappa shape index (κ3) is 5.75. The molecule has 0 fully saturated rings. The van der Waals surface area contributed by atoms with E-state index in [-0.39, 0.29) is 6.10 Å². The summed E-state index contributed by atoms with van der Waals surface area (Å²) in [5.41, 5.74) is 0.730. The molecular formula is C15H20O5. The molecule has 1 aromatic rings. The normalized spacial score (nSPS) is 11.0. The van der Waals surface area contributed by atoms with Crippen LogP contribution in [0.3, 0.4) is 0 Å². The van der Waals surface area contributed by atoms with Crippen LogP contribution in [0, 0.1) is 0 Å². The Bertz CT molecular complexity index is 465. The molecule has 0 amide bonds. The lowest BCUT2D eigenvalue weighted by atomic mass is 10.2. The van der Waals surface area contributed by atoms with Gasteiger partial charge in [0.15, 0.2) is 11.5 Å². The van der Waals surface area contributed by atoms with E-state index in [4.69, 9.17) is 19.3 Å². The summed E-state index contributed by atoms with van der Waals surface area (Å²) in [5, 5.41) is 8.61. The van der Waals surface area contributed by atoms with E-state index in [1.807, 2.05) is 13.8 Å². The first-order valence-electron chi connectivity index (χ1n) is 6.36. The van der Waals surface area contributed by atoms with Gasteiger partial charge in [0.25, 0.3) is 0 Å². The number of methoxy groups -OCH3 is 1. The number of aliphatic carboxylic acids is 1. The monoisotopic (exact) mass is 280 g/mol. The molecular weight excluding hydrogens is 260 g/mol. The summed E-state index contributed by atoms with van der Waals surface area (Å²) in [6, 6.07) is 5.23. The van der Waals surface area contributed by atoms with E-state index in [0.29, 0.717) is 24.7 Å². The van der Waals surface area contributed by atoms with Crippen LogP contribution in [-0.2, 0) is 9.53 Å².